The quantitative estimate of drug-likeness (QED) is 0.746. The fraction of sp³-hybridized carbons (Fsp3) is 0.444. The van der Waals surface area contributed by atoms with Crippen LogP contribution in [0.25, 0.3) is 0 Å². The van der Waals surface area contributed by atoms with Gasteiger partial charge in [-0.1, -0.05) is 11.6 Å². The van der Waals surface area contributed by atoms with E-state index in [-0.39, 0.29) is 0 Å². The molecule has 1 N–H and O–H groups in total. The Balaban J connectivity index is 3.27. The molecule has 0 bridgehead atoms. The first-order valence-corrected chi connectivity index (χ1v) is 4.32. The third kappa shape index (κ3) is 1.92. The normalized spacial score (nSPS) is 12.7. The summed E-state index contributed by atoms with van der Waals surface area (Å²) in [4.78, 5) is 3.91. The summed E-state index contributed by atoms with van der Waals surface area (Å²) in [6, 6.07) is 0. The van der Waals surface area contributed by atoms with E-state index >= 15 is 0 Å². The van der Waals surface area contributed by atoms with Gasteiger partial charge in [0.05, 0.1) is 13.2 Å². The summed E-state index contributed by atoms with van der Waals surface area (Å²) in [5.74, 6) is 0.528. The molecule has 0 aliphatic rings. The second kappa shape index (κ2) is 3.94. The molecule has 0 aliphatic heterocycles. The lowest BCUT2D eigenvalue weighted by Gasteiger charge is -2.12. The summed E-state index contributed by atoms with van der Waals surface area (Å²) in [7, 11) is 1.53. The largest absolute Gasteiger partial charge is 0.493 e. The van der Waals surface area contributed by atoms with E-state index in [4.69, 9.17) is 16.3 Å². The van der Waals surface area contributed by atoms with Gasteiger partial charge in [-0.3, -0.25) is 0 Å². The maximum atomic E-state index is 9.38. The second-order valence-electron chi connectivity index (χ2n) is 2.84. The number of hydrogen-bond donors (Lipinski definition) is 1. The van der Waals surface area contributed by atoms with Gasteiger partial charge in [0.15, 0.2) is 10.9 Å². The maximum Gasteiger partial charge on any atom is 0.171 e. The summed E-state index contributed by atoms with van der Waals surface area (Å²) in [6.07, 6.45) is 1.00. The van der Waals surface area contributed by atoms with Crippen LogP contribution in [0.1, 0.15) is 24.2 Å². The van der Waals surface area contributed by atoms with Gasteiger partial charge >= 0.3 is 0 Å². The van der Waals surface area contributed by atoms with E-state index in [0.717, 1.165) is 11.1 Å². The lowest BCUT2D eigenvalue weighted by Crippen LogP contribution is -2.00. The van der Waals surface area contributed by atoms with Gasteiger partial charge in [0.1, 0.15) is 0 Å². The topological polar surface area (TPSA) is 42.4 Å². The van der Waals surface area contributed by atoms with E-state index in [0.29, 0.717) is 10.9 Å². The number of rotatable bonds is 2. The Morgan fingerprint density at radius 3 is 2.69 bits per heavy atom. The molecular formula is C9H12ClNO2. The number of ether oxygens (including phenoxy) is 1. The van der Waals surface area contributed by atoms with Gasteiger partial charge in [-0.2, -0.15) is 0 Å². The molecule has 3 nitrogen and oxygen atoms in total. The van der Waals surface area contributed by atoms with Crippen LogP contribution < -0.4 is 4.74 Å². The molecule has 0 saturated heterocycles. The zero-order valence-electron chi connectivity index (χ0n) is 7.84. The van der Waals surface area contributed by atoms with Crippen LogP contribution in [0.15, 0.2) is 6.20 Å². The van der Waals surface area contributed by atoms with Crippen molar-refractivity contribution in [2.75, 3.05) is 7.11 Å². The molecule has 1 unspecified atom stereocenters. The summed E-state index contributed by atoms with van der Waals surface area (Å²) in [5.41, 5.74) is 1.57. The number of aliphatic hydroxyl groups is 1. The van der Waals surface area contributed by atoms with Crippen molar-refractivity contribution in [2.45, 2.75) is 20.0 Å². The van der Waals surface area contributed by atoms with Crippen molar-refractivity contribution in [2.24, 2.45) is 0 Å². The zero-order chi connectivity index (χ0) is 10.0. The Bertz CT molecular complexity index is 313. The fourth-order valence-corrected chi connectivity index (χ4v) is 1.49. The van der Waals surface area contributed by atoms with Gasteiger partial charge in [-0.05, 0) is 13.8 Å². The predicted octanol–water partition coefficient (Wildman–Crippen LogP) is 2.11. The van der Waals surface area contributed by atoms with E-state index in [1.54, 1.807) is 13.1 Å². The van der Waals surface area contributed by atoms with E-state index < -0.39 is 6.10 Å². The number of aliphatic hydroxyl groups excluding tert-OH is 1. The molecule has 1 atom stereocenters. The van der Waals surface area contributed by atoms with Gasteiger partial charge in [-0.15, -0.1) is 0 Å². The van der Waals surface area contributed by atoms with Crippen LogP contribution in [0.2, 0.25) is 5.15 Å². The Kier molecular flexibility index (Phi) is 3.12. The van der Waals surface area contributed by atoms with Crippen molar-refractivity contribution in [1.82, 2.24) is 4.98 Å². The van der Waals surface area contributed by atoms with Crippen LogP contribution in [0.3, 0.4) is 0 Å². The monoisotopic (exact) mass is 201 g/mol. The second-order valence-corrected chi connectivity index (χ2v) is 3.20. The van der Waals surface area contributed by atoms with Crippen molar-refractivity contribution in [3.8, 4) is 5.75 Å². The van der Waals surface area contributed by atoms with Crippen molar-refractivity contribution < 1.29 is 9.84 Å². The molecule has 0 fully saturated rings. The van der Waals surface area contributed by atoms with Crippen LogP contribution in [-0.4, -0.2) is 17.2 Å². The molecule has 4 heteroatoms. The Labute approximate surface area is 82.3 Å². The standard InChI is InChI=1S/C9H12ClNO2/c1-5-7(6(2)12)4-11-9(10)8(5)13-3/h4,6,12H,1-3H3. The molecule has 0 saturated carbocycles. The molecule has 0 spiro atoms. The van der Waals surface area contributed by atoms with Gasteiger partial charge in [-0.25, -0.2) is 4.98 Å². The highest BCUT2D eigenvalue weighted by Crippen LogP contribution is 2.30. The molecule has 1 heterocycles. The van der Waals surface area contributed by atoms with E-state index in [1.807, 2.05) is 6.92 Å². The summed E-state index contributed by atoms with van der Waals surface area (Å²) in [6.45, 7) is 3.52. The fourth-order valence-electron chi connectivity index (χ4n) is 1.23. The lowest BCUT2D eigenvalue weighted by atomic mass is 10.1. The molecule has 1 aromatic heterocycles. The average molecular weight is 202 g/mol. The molecule has 0 aliphatic carbocycles. The summed E-state index contributed by atoms with van der Waals surface area (Å²) in [5, 5.41) is 9.70. The zero-order valence-corrected chi connectivity index (χ0v) is 8.59. The molecular weight excluding hydrogens is 190 g/mol. The summed E-state index contributed by atoms with van der Waals surface area (Å²) < 4.78 is 5.06. The highest BCUT2D eigenvalue weighted by atomic mass is 35.5. The minimum absolute atomic E-state index is 0.324. The van der Waals surface area contributed by atoms with Gasteiger partial charge in [0.2, 0.25) is 0 Å². The number of methoxy groups -OCH3 is 1. The third-order valence-electron chi connectivity index (χ3n) is 1.93. The van der Waals surface area contributed by atoms with Crippen molar-refractivity contribution >= 4 is 11.6 Å². The summed E-state index contributed by atoms with van der Waals surface area (Å²) >= 11 is 5.79. The molecule has 1 aromatic rings. The van der Waals surface area contributed by atoms with E-state index in [9.17, 15) is 5.11 Å². The van der Waals surface area contributed by atoms with Gasteiger partial charge in [0.25, 0.3) is 0 Å². The number of aromatic nitrogens is 1. The third-order valence-corrected chi connectivity index (χ3v) is 2.20. The highest BCUT2D eigenvalue weighted by Gasteiger charge is 2.13. The number of nitrogens with zero attached hydrogens (tertiary/aromatic N) is 1. The minimum atomic E-state index is -0.557. The van der Waals surface area contributed by atoms with Gasteiger partial charge in [0, 0.05) is 17.3 Å². The van der Waals surface area contributed by atoms with Crippen LogP contribution >= 0.6 is 11.6 Å². The molecule has 72 valence electrons. The molecule has 13 heavy (non-hydrogen) atoms. The average Bonchev–Trinajstić information content (AvgIpc) is 2.04. The molecule has 0 aromatic carbocycles. The Hall–Kier alpha value is -0.800. The predicted molar refractivity (Wildman–Crippen MR) is 51.2 cm³/mol. The van der Waals surface area contributed by atoms with E-state index in [2.05, 4.69) is 4.98 Å². The molecule has 0 radical (unpaired) electrons. The smallest absolute Gasteiger partial charge is 0.171 e. The lowest BCUT2D eigenvalue weighted by molar-refractivity contribution is 0.197. The van der Waals surface area contributed by atoms with Crippen molar-refractivity contribution in [3.05, 3.63) is 22.5 Å². The van der Waals surface area contributed by atoms with Crippen LogP contribution in [0, 0.1) is 6.92 Å². The molecule has 1 rings (SSSR count). The Morgan fingerprint density at radius 1 is 1.62 bits per heavy atom. The maximum absolute atomic E-state index is 9.38. The van der Waals surface area contributed by atoms with E-state index in [1.165, 1.54) is 7.11 Å². The Morgan fingerprint density at radius 2 is 2.23 bits per heavy atom. The van der Waals surface area contributed by atoms with Crippen molar-refractivity contribution in [3.63, 3.8) is 0 Å². The number of hydrogen-bond acceptors (Lipinski definition) is 3. The van der Waals surface area contributed by atoms with Crippen molar-refractivity contribution in [1.29, 1.82) is 0 Å². The minimum Gasteiger partial charge on any atom is -0.493 e. The number of pyridine rings is 1. The first kappa shape index (κ1) is 10.3. The van der Waals surface area contributed by atoms with Crippen LogP contribution in [-0.2, 0) is 0 Å². The highest BCUT2D eigenvalue weighted by molar-refractivity contribution is 6.30. The van der Waals surface area contributed by atoms with Gasteiger partial charge < -0.3 is 9.84 Å². The SMILES string of the molecule is COc1c(Cl)ncc(C(C)O)c1C. The first-order valence-electron chi connectivity index (χ1n) is 3.95. The first-order chi connectivity index (χ1) is 6.07. The van der Waals surface area contributed by atoms with Crippen LogP contribution in [0.4, 0.5) is 0 Å². The molecule has 0 amide bonds. The van der Waals surface area contributed by atoms with Crippen LogP contribution in [0.5, 0.6) is 5.75 Å². The number of halogens is 1.